The van der Waals surface area contributed by atoms with Gasteiger partial charge in [-0.3, -0.25) is 0 Å². The maximum atomic E-state index is 6.52. The minimum Gasteiger partial charge on any atom is -0.491 e. The number of halogens is 1. The summed E-state index contributed by atoms with van der Waals surface area (Å²) in [4.78, 5) is 4.99. The summed E-state index contributed by atoms with van der Waals surface area (Å²) in [7, 11) is 2.21. The van der Waals surface area contributed by atoms with Crippen molar-refractivity contribution in [3.63, 3.8) is 0 Å². The molecule has 1 aromatic carbocycles. The molecule has 134 valence electrons. The maximum Gasteiger partial charge on any atom is 0.141 e. The lowest BCUT2D eigenvalue weighted by molar-refractivity contribution is 0.153. The molecule has 1 heterocycles. The van der Waals surface area contributed by atoms with Crippen molar-refractivity contribution in [3.8, 4) is 5.75 Å². The third-order valence-electron chi connectivity index (χ3n) is 5.27. The van der Waals surface area contributed by atoms with Gasteiger partial charge in [0.2, 0.25) is 0 Å². The topological polar surface area (TPSA) is 15.7 Å². The summed E-state index contributed by atoms with van der Waals surface area (Å²) in [5.41, 5.74) is 2.61. The van der Waals surface area contributed by atoms with Gasteiger partial charge in [0, 0.05) is 26.2 Å². The first kappa shape index (κ1) is 18.0. The van der Waals surface area contributed by atoms with E-state index >= 15 is 0 Å². The number of aryl methyl sites for hydroxylation is 2. The molecule has 0 amide bonds. The highest BCUT2D eigenvalue weighted by Gasteiger charge is 2.23. The number of rotatable bonds is 8. The quantitative estimate of drug-likeness (QED) is 0.707. The van der Waals surface area contributed by atoms with E-state index in [2.05, 4.69) is 35.9 Å². The fourth-order valence-corrected chi connectivity index (χ4v) is 3.63. The zero-order valence-electron chi connectivity index (χ0n) is 15.2. The average molecular weight is 351 g/mol. The Kier molecular flexibility index (Phi) is 6.43. The Morgan fingerprint density at radius 1 is 1.17 bits per heavy atom. The Labute approximate surface area is 151 Å². The summed E-state index contributed by atoms with van der Waals surface area (Å²) >= 11 is 6.52. The molecule has 0 bridgehead atoms. The molecule has 1 aromatic rings. The van der Waals surface area contributed by atoms with Gasteiger partial charge in [-0.1, -0.05) is 24.6 Å². The van der Waals surface area contributed by atoms with Crippen LogP contribution in [0, 0.1) is 5.92 Å². The van der Waals surface area contributed by atoms with Crippen LogP contribution >= 0.6 is 11.6 Å². The molecule has 3 rings (SSSR count). The molecule has 1 aliphatic heterocycles. The second kappa shape index (κ2) is 8.55. The van der Waals surface area contributed by atoms with Gasteiger partial charge in [0.25, 0.3) is 0 Å². The monoisotopic (exact) mass is 350 g/mol. The SMILES string of the molecule is CCc1cc(Cl)c(OCC2CC2)c(CCCN2CCN(C)CC2)c1. The van der Waals surface area contributed by atoms with E-state index in [0.717, 1.165) is 36.1 Å². The fraction of sp³-hybridized carbons (Fsp3) is 0.700. The average Bonchev–Trinajstić information content (AvgIpc) is 3.40. The van der Waals surface area contributed by atoms with Crippen LogP contribution in [0.2, 0.25) is 5.02 Å². The van der Waals surface area contributed by atoms with Crippen LogP contribution in [0.15, 0.2) is 12.1 Å². The first-order valence-electron chi connectivity index (χ1n) is 9.50. The number of piperazine rings is 1. The van der Waals surface area contributed by atoms with E-state index in [1.807, 2.05) is 0 Å². The van der Waals surface area contributed by atoms with Gasteiger partial charge in [-0.25, -0.2) is 0 Å². The predicted octanol–water partition coefficient (Wildman–Crippen LogP) is 3.87. The van der Waals surface area contributed by atoms with Crippen molar-refractivity contribution < 1.29 is 4.74 Å². The van der Waals surface area contributed by atoms with Crippen LogP contribution in [-0.2, 0) is 12.8 Å². The van der Waals surface area contributed by atoms with E-state index in [0.29, 0.717) is 0 Å². The molecule has 0 radical (unpaired) electrons. The van der Waals surface area contributed by atoms with Crippen LogP contribution in [0.4, 0.5) is 0 Å². The van der Waals surface area contributed by atoms with Gasteiger partial charge in [-0.05, 0) is 68.8 Å². The van der Waals surface area contributed by atoms with Crippen LogP contribution < -0.4 is 4.74 Å². The highest BCUT2D eigenvalue weighted by atomic mass is 35.5. The molecule has 0 atom stereocenters. The van der Waals surface area contributed by atoms with Gasteiger partial charge in [0.1, 0.15) is 5.75 Å². The van der Waals surface area contributed by atoms with E-state index in [1.165, 1.54) is 63.1 Å². The third kappa shape index (κ3) is 5.11. The van der Waals surface area contributed by atoms with Gasteiger partial charge in [-0.15, -0.1) is 0 Å². The van der Waals surface area contributed by atoms with Crippen LogP contribution in [0.5, 0.6) is 5.75 Å². The molecule has 0 unspecified atom stereocenters. The fourth-order valence-electron chi connectivity index (χ4n) is 3.31. The van der Waals surface area contributed by atoms with E-state index in [9.17, 15) is 0 Å². The first-order valence-corrected chi connectivity index (χ1v) is 9.88. The van der Waals surface area contributed by atoms with Crippen LogP contribution in [-0.4, -0.2) is 56.2 Å². The largest absolute Gasteiger partial charge is 0.491 e. The number of hydrogen-bond acceptors (Lipinski definition) is 3. The summed E-state index contributed by atoms with van der Waals surface area (Å²) in [5, 5.41) is 0.796. The normalized spacial score (nSPS) is 19.6. The van der Waals surface area contributed by atoms with Gasteiger partial charge >= 0.3 is 0 Å². The summed E-state index contributed by atoms with van der Waals surface area (Å²) in [6.45, 7) is 8.94. The Hall–Kier alpha value is -0.770. The Morgan fingerprint density at radius 2 is 1.92 bits per heavy atom. The minimum absolute atomic E-state index is 0.755. The van der Waals surface area contributed by atoms with Gasteiger partial charge in [0.05, 0.1) is 11.6 Å². The van der Waals surface area contributed by atoms with Crippen molar-refractivity contribution in [2.24, 2.45) is 5.92 Å². The molecule has 1 aliphatic carbocycles. The third-order valence-corrected chi connectivity index (χ3v) is 5.55. The van der Waals surface area contributed by atoms with Crippen LogP contribution in [0.1, 0.15) is 37.3 Å². The van der Waals surface area contributed by atoms with E-state index in [1.54, 1.807) is 0 Å². The summed E-state index contributed by atoms with van der Waals surface area (Å²) < 4.78 is 6.10. The Morgan fingerprint density at radius 3 is 2.58 bits per heavy atom. The van der Waals surface area contributed by atoms with Crippen molar-refractivity contribution >= 4 is 11.6 Å². The van der Waals surface area contributed by atoms with Gasteiger partial charge in [0.15, 0.2) is 0 Å². The molecule has 1 saturated heterocycles. The van der Waals surface area contributed by atoms with Crippen molar-refractivity contribution in [1.29, 1.82) is 0 Å². The summed E-state index contributed by atoms with van der Waals surface area (Å²) in [6.07, 6.45) is 5.87. The maximum absolute atomic E-state index is 6.52. The van der Waals surface area contributed by atoms with E-state index in [4.69, 9.17) is 16.3 Å². The van der Waals surface area contributed by atoms with Crippen LogP contribution in [0.3, 0.4) is 0 Å². The number of hydrogen-bond donors (Lipinski definition) is 0. The van der Waals surface area contributed by atoms with E-state index in [-0.39, 0.29) is 0 Å². The molecule has 4 heteroatoms. The van der Waals surface area contributed by atoms with Crippen molar-refractivity contribution in [2.45, 2.75) is 39.0 Å². The smallest absolute Gasteiger partial charge is 0.141 e. The lowest BCUT2D eigenvalue weighted by atomic mass is 10.0. The number of ether oxygens (including phenoxy) is 1. The van der Waals surface area contributed by atoms with Gasteiger partial charge in [-0.2, -0.15) is 0 Å². The molecule has 0 aromatic heterocycles. The highest BCUT2D eigenvalue weighted by Crippen LogP contribution is 2.35. The number of likely N-dealkylation sites (N-methyl/N-ethyl adjacent to an activating group) is 1. The highest BCUT2D eigenvalue weighted by molar-refractivity contribution is 6.32. The summed E-state index contributed by atoms with van der Waals surface area (Å²) in [5.74, 6) is 1.70. The second-order valence-electron chi connectivity index (χ2n) is 7.42. The van der Waals surface area contributed by atoms with Crippen molar-refractivity contribution in [1.82, 2.24) is 9.80 Å². The molecule has 0 N–H and O–H groups in total. The number of benzene rings is 1. The van der Waals surface area contributed by atoms with E-state index < -0.39 is 0 Å². The van der Waals surface area contributed by atoms with Crippen LogP contribution in [0.25, 0.3) is 0 Å². The first-order chi connectivity index (χ1) is 11.7. The number of nitrogens with zero attached hydrogens (tertiary/aromatic N) is 2. The second-order valence-corrected chi connectivity index (χ2v) is 7.83. The molecule has 2 fully saturated rings. The molecular formula is C20H31ClN2O. The lowest BCUT2D eigenvalue weighted by Gasteiger charge is -2.32. The molecule has 1 saturated carbocycles. The standard InChI is InChI=1S/C20H31ClN2O/c1-3-16-13-18(5-4-8-23-11-9-22(2)10-12-23)20(19(21)14-16)24-15-17-6-7-17/h13-14,17H,3-12,15H2,1-2H3. The lowest BCUT2D eigenvalue weighted by Crippen LogP contribution is -2.44. The zero-order chi connectivity index (χ0) is 16.9. The molecule has 0 spiro atoms. The Bertz CT molecular complexity index is 537. The minimum atomic E-state index is 0.755. The molecule has 3 nitrogen and oxygen atoms in total. The molecule has 2 aliphatic rings. The Balaban J connectivity index is 1.58. The van der Waals surface area contributed by atoms with Crippen molar-refractivity contribution in [2.75, 3.05) is 46.4 Å². The van der Waals surface area contributed by atoms with Crippen molar-refractivity contribution in [3.05, 3.63) is 28.3 Å². The molecular weight excluding hydrogens is 320 g/mol. The van der Waals surface area contributed by atoms with Gasteiger partial charge < -0.3 is 14.5 Å². The predicted molar refractivity (Wildman–Crippen MR) is 101 cm³/mol. The zero-order valence-corrected chi connectivity index (χ0v) is 15.9. The summed E-state index contributed by atoms with van der Waals surface area (Å²) in [6, 6.07) is 4.38. The molecule has 24 heavy (non-hydrogen) atoms.